The molecule has 2 aliphatic rings. The highest BCUT2D eigenvalue weighted by Crippen LogP contribution is 2.23. The first-order valence-electron chi connectivity index (χ1n) is 5.82. The molecular formula is C12H17NO3. The monoisotopic (exact) mass is 223 g/mol. The maximum Gasteiger partial charge on any atom is 0.333 e. The van der Waals surface area contributed by atoms with Crippen molar-refractivity contribution in [2.45, 2.75) is 26.2 Å². The van der Waals surface area contributed by atoms with Gasteiger partial charge in [0.15, 0.2) is 0 Å². The Labute approximate surface area is 95.0 Å². The molecule has 0 spiro atoms. The molecule has 16 heavy (non-hydrogen) atoms. The quantitative estimate of drug-likeness (QED) is 0.574. The van der Waals surface area contributed by atoms with Gasteiger partial charge in [0, 0.05) is 24.5 Å². The van der Waals surface area contributed by atoms with Crippen molar-refractivity contribution in [1.29, 1.82) is 0 Å². The lowest BCUT2D eigenvalue weighted by atomic mass is 9.93. The standard InChI is InChI=1S/C12H17NO3/c1-8(6-9-2-4-13-11(9)14)7-10-3-5-16-12(10)15/h7-9H,2-6H2,1H3,(H,13,14)/b10-7-/t8-,9-/m0/s1. The minimum absolute atomic E-state index is 0.115. The van der Waals surface area contributed by atoms with Crippen LogP contribution < -0.4 is 5.32 Å². The largest absolute Gasteiger partial charge is 0.462 e. The molecule has 0 aromatic carbocycles. The van der Waals surface area contributed by atoms with Crippen LogP contribution in [0.2, 0.25) is 0 Å². The molecule has 2 rings (SSSR count). The number of carbonyl (C=O) groups is 2. The molecule has 0 radical (unpaired) electrons. The third-order valence-electron chi connectivity index (χ3n) is 3.17. The van der Waals surface area contributed by atoms with Crippen LogP contribution in [-0.4, -0.2) is 25.0 Å². The highest BCUT2D eigenvalue weighted by Gasteiger charge is 2.26. The van der Waals surface area contributed by atoms with E-state index in [2.05, 4.69) is 5.32 Å². The Morgan fingerprint density at radius 2 is 2.38 bits per heavy atom. The number of amides is 1. The van der Waals surface area contributed by atoms with Crippen molar-refractivity contribution in [3.8, 4) is 0 Å². The second-order valence-corrected chi connectivity index (χ2v) is 4.57. The lowest BCUT2D eigenvalue weighted by Gasteiger charge is -2.11. The number of esters is 1. The highest BCUT2D eigenvalue weighted by atomic mass is 16.5. The average Bonchev–Trinajstić information content (AvgIpc) is 2.79. The number of rotatable bonds is 3. The number of nitrogens with one attached hydrogen (secondary N) is 1. The number of ether oxygens (including phenoxy) is 1. The Morgan fingerprint density at radius 3 is 2.94 bits per heavy atom. The zero-order valence-corrected chi connectivity index (χ0v) is 9.49. The molecule has 0 bridgehead atoms. The lowest BCUT2D eigenvalue weighted by Crippen LogP contribution is -2.20. The fourth-order valence-corrected chi connectivity index (χ4v) is 2.33. The summed E-state index contributed by atoms with van der Waals surface area (Å²) < 4.78 is 4.87. The van der Waals surface area contributed by atoms with Crippen LogP contribution in [0.15, 0.2) is 11.6 Å². The van der Waals surface area contributed by atoms with Gasteiger partial charge in [-0.1, -0.05) is 13.0 Å². The molecule has 0 saturated carbocycles. The van der Waals surface area contributed by atoms with Crippen LogP contribution in [0.4, 0.5) is 0 Å². The van der Waals surface area contributed by atoms with Gasteiger partial charge in [-0.05, 0) is 18.8 Å². The van der Waals surface area contributed by atoms with Gasteiger partial charge in [-0.15, -0.1) is 0 Å². The first-order valence-corrected chi connectivity index (χ1v) is 5.82. The van der Waals surface area contributed by atoms with E-state index in [1.54, 1.807) is 0 Å². The van der Waals surface area contributed by atoms with Gasteiger partial charge >= 0.3 is 5.97 Å². The van der Waals surface area contributed by atoms with Gasteiger partial charge in [-0.25, -0.2) is 4.79 Å². The summed E-state index contributed by atoms with van der Waals surface area (Å²) in [5.41, 5.74) is 0.769. The van der Waals surface area contributed by atoms with Crippen molar-refractivity contribution < 1.29 is 14.3 Å². The third kappa shape index (κ3) is 2.43. The summed E-state index contributed by atoms with van der Waals surface area (Å²) in [7, 11) is 0. The zero-order chi connectivity index (χ0) is 11.5. The number of cyclic esters (lactones) is 1. The van der Waals surface area contributed by atoms with Crippen molar-refractivity contribution in [1.82, 2.24) is 5.32 Å². The van der Waals surface area contributed by atoms with Crippen molar-refractivity contribution in [3.63, 3.8) is 0 Å². The Balaban J connectivity index is 1.90. The maximum absolute atomic E-state index is 11.4. The second-order valence-electron chi connectivity index (χ2n) is 4.57. The van der Waals surface area contributed by atoms with E-state index >= 15 is 0 Å². The van der Waals surface area contributed by atoms with Crippen LogP contribution in [0, 0.1) is 11.8 Å². The first-order chi connectivity index (χ1) is 7.66. The molecule has 0 unspecified atom stereocenters. The zero-order valence-electron chi connectivity index (χ0n) is 9.49. The summed E-state index contributed by atoms with van der Waals surface area (Å²) in [5, 5.41) is 2.83. The van der Waals surface area contributed by atoms with E-state index in [9.17, 15) is 9.59 Å². The average molecular weight is 223 g/mol. The Morgan fingerprint density at radius 1 is 1.56 bits per heavy atom. The Bertz CT molecular complexity index is 335. The van der Waals surface area contributed by atoms with Crippen molar-refractivity contribution >= 4 is 11.9 Å². The normalized spacial score (nSPS) is 29.3. The second kappa shape index (κ2) is 4.68. The smallest absolute Gasteiger partial charge is 0.333 e. The summed E-state index contributed by atoms with van der Waals surface area (Å²) in [6.45, 7) is 3.33. The summed E-state index contributed by atoms with van der Waals surface area (Å²) in [5.74, 6) is 0.334. The minimum atomic E-state index is -0.192. The minimum Gasteiger partial charge on any atom is -0.462 e. The van der Waals surface area contributed by atoms with E-state index < -0.39 is 0 Å². The van der Waals surface area contributed by atoms with E-state index in [0.717, 1.165) is 25.0 Å². The van der Waals surface area contributed by atoms with E-state index in [1.165, 1.54) is 0 Å². The summed E-state index contributed by atoms with van der Waals surface area (Å²) in [6.07, 6.45) is 4.40. The number of hydrogen-bond acceptors (Lipinski definition) is 3. The molecule has 88 valence electrons. The van der Waals surface area contributed by atoms with Gasteiger partial charge < -0.3 is 10.1 Å². The Hall–Kier alpha value is -1.32. The van der Waals surface area contributed by atoms with Crippen LogP contribution in [0.25, 0.3) is 0 Å². The predicted molar refractivity (Wildman–Crippen MR) is 58.6 cm³/mol. The van der Waals surface area contributed by atoms with Crippen molar-refractivity contribution in [3.05, 3.63) is 11.6 Å². The topological polar surface area (TPSA) is 55.4 Å². The molecule has 2 fully saturated rings. The highest BCUT2D eigenvalue weighted by molar-refractivity contribution is 5.90. The lowest BCUT2D eigenvalue weighted by molar-refractivity contribution is -0.135. The summed E-state index contributed by atoms with van der Waals surface area (Å²) in [6, 6.07) is 0. The van der Waals surface area contributed by atoms with Crippen LogP contribution in [0.3, 0.4) is 0 Å². The molecule has 0 aromatic rings. The van der Waals surface area contributed by atoms with E-state index in [-0.39, 0.29) is 23.7 Å². The van der Waals surface area contributed by atoms with Crippen LogP contribution in [0.1, 0.15) is 26.2 Å². The molecule has 0 aromatic heterocycles. The Kier molecular flexibility index (Phi) is 3.27. The van der Waals surface area contributed by atoms with Gasteiger partial charge in [0.2, 0.25) is 5.91 Å². The molecule has 4 nitrogen and oxygen atoms in total. The number of hydrogen-bond donors (Lipinski definition) is 1. The molecule has 2 aliphatic heterocycles. The van der Waals surface area contributed by atoms with Crippen molar-refractivity contribution in [2.75, 3.05) is 13.2 Å². The number of carbonyl (C=O) groups excluding carboxylic acids is 2. The van der Waals surface area contributed by atoms with Gasteiger partial charge in [0.1, 0.15) is 0 Å². The molecular weight excluding hydrogens is 206 g/mol. The third-order valence-corrected chi connectivity index (χ3v) is 3.17. The van der Waals surface area contributed by atoms with Crippen LogP contribution in [0.5, 0.6) is 0 Å². The van der Waals surface area contributed by atoms with Crippen molar-refractivity contribution in [2.24, 2.45) is 11.8 Å². The van der Waals surface area contributed by atoms with E-state index in [0.29, 0.717) is 13.0 Å². The molecule has 2 saturated heterocycles. The van der Waals surface area contributed by atoms with E-state index in [4.69, 9.17) is 4.74 Å². The molecule has 2 atom stereocenters. The molecule has 2 heterocycles. The molecule has 1 N–H and O–H groups in total. The summed E-state index contributed by atoms with van der Waals surface area (Å²) >= 11 is 0. The van der Waals surface area contributed by atoms with Gasteiger partial charge in [0.25, 0.3) is 0 Å². The van der Waals surface area contributed by atoms with Crippen LogP contribution >= 0.6 is 0 Å². The predicted octanol–water partition coefficient (Wildman–Crippen LogP) is 1.02. The van der Waals surface area contributed by atoms with Gasteiger partial charge in [-0.2, -0.15) is 0 Å². The first kappa shape index (κ1) is 11.2. The van der Waals surface area contributed by atoms with Gasteiger partial charge in [0.05, 0.1) is 6.61 Å². The maximum atomic E-state index is 11.4. The summed E-state index contributed by atoms with van der Waals surface area (Å²) in [4.78, 5) is 22.6. The van der Waals surface area contributed by atoms with Gasteiger partial charge in [-0.3, -0.25) is 4.79 Å². The molecule has 0 aliphatic carbocycles. The van der Waals surface area contributed by atoms with Crippen LogP contribution in [-0.2, 0) is 14.3 Å². The SMILES string of the molecule is C[C@H](/C=C1/CCOC1=O)C[C@@H]1CCNC1=O. The fraction of sp³-hybridized carbons (Fsp3) is 0.667. The molecule has 4 heteroatoms. The fourth-order valence-electron chi connectivity index (χ4n) is 2.33. The molecule has 1 amide bonds. The number of allylic oxidation sites excluding steroid dienone is 1. The van der Waals surface area contributed by atoms with E-state index in [1.807, 2.05) is 13.0 Å².